The molecule has 0 spiro atoms. The summed E-state index contributed by atoms with van der Waals surface area (Å²) < 4.78 is 34.4. The van der Waals surface area contributed by atoms with Gasteiger partial charge in [0.15, 0.2) is 0 Å². The largest absolute Gasteiger partial charge is 0.443 e. The van der Waals surface area contributed by atoms with Crippen molar-refractivity contribution in [2.24, 2.45) is 16.8 Å². The maximum absolute atomic E-state index is 14.6. The van der Waals surface area contributed by atoms with Gasteiger partial charge in [0.25, 0.3) is 0 Å². The molecule has 1 fully saturated rings. The molecule has 0 saturated carbocycles. The zero-order chi connectivity index (χ0) is 20.8. The Labute approximate surface area is 161 Å². The van der Waals surface area contributed by atoms with Crippen LogP contribution in [0.2, 0.25) is 0 Å². The van der Waals surface area contributed by atoms with Crippen LogP contribution in [0.5, 0.6) is 0 Å². The van der Waals surface area contributed by atoms with Crippen molar-refractivity contribution in [1.82, 2.24) is 9.91 Å². The summed E-state index contributed by atoms with van der Waals surface area (Å²) in [6, 6.07) is -0.218. The van der Waals surface area contributed by atoms with E-state index in [1.54, 1.807) is 31.7 Å². The smallest absolute Gasteiger partial charge is 0.424 e. The van der Waals surface area contributed by atoms with Crippen molar-refractivity contribution >= 4 is 11.8 Å². The van der Waals surface area contributed by atoms with Crippen molar-refractivity contribution in [3.63, 3.8) is 0 Å². The van der Waals surface area contributed by atoms with E-state index in [9.17, 15) is 13.6 Å². The zero-order valence-electron chi connectivity index (χ0n) is 17.3. The second-order valence-corrected chi connectivity index (χ2v) is 8.31. The fourth-order valence-corrected chi connectivity index (χ4v) is 2.82. The lowest BCUT2D eigenvalue weighted by Gasteiger charge is -2.37. The van der Waals surface area contributed by atoms with Crippen molar-refractivity contribution in [3.8, 4) is 0 Å². The molecule has 1 aliphatic rings. The summed E-state index contributed by atoms with van der Waals surface area (Å²) in [5.74, 6) is 3.02. The highest BCUT2D eigenvalue weighted by molar-refractivity contribution is 6.00. The number of ether oxygens (including phenoxy) is 1. The normalized spacial score (nSPS) is 18.4. The highest BCUT2D eigenvalue weighted by atomic mass is 19.3. The van der Waals surface area contributed by atoms with Crippen LogP contribution in [0.4, 0.5) is 13.6 Å². The summed E-state index contributed by atoms with van der Waals surface area (Å²) in [6.07, 6.45) is 3.57. The highest BCUT2D eigenvalue weighted by Crippen LogP contribution is 2.23. The number of nitrogens with zero attached hydrogens (tertiary/aromatic N) is 3. The molecule has 0 unspecified atom stereocenters. The number of hydrogen-bond acceptors (Lipinski definition) is 5. The van der Waals surface area contributed by atoms with Gasteiger partial charge >= 0.3 is 12.0 Å². The first kappa shape index (κ1) is 23.5. The maximum Gasteiger partial charge on any atom is 0.424 e. The van der Waals surface area contributed by atoms with E-state index in [1.165, 1.54) is 13.1 Å². The fraction of sp³-hybridized carbons (Fsp3) is 0.789. The van der Waals surface area contributed by atoms with Gasteiger partial charge in [-0.2, -0.15) is 8.78 Å². The molecule has 6 nitrogen and oxygen atoms in total. The number of alkyl halides is 2. The summed E-state index contributed by atoms with van der Waals surface area (Å²) in [6.45, 7) is 9.62. The van der Waals surface area contributed by atoms with E-state index in [4.69, 9.17) is 10.6 Å². The van der Waals surface area contributed by atoms with E-state index < -0.39 is 24.2 Å². The lowest BCUT2D eigenvalue weighted by atomic mass is 10.0. The van der Waals surface area contributed by atoms with E-state index in [2.05, 4.69) is 4.99 Å². The number of carbonyl (C=O) groups excluding carboxylic acids is 1. The number of hydrazine groups is 1. The number of nitrogens with two attached hydrogens (primary N) is 1. The number of rotatable bonds is 6. The van der Waals surface area contributed by atoms with Gasteiger partial charge in [-0.15, -0.1) is 0 Å². The summed E-state index contributed by atoms with van der Waals surface area (Å²) in [5.41, 5.74) is -0.843. The molecular weight excluding hydrogens is 354 g/mol. The Hall–Kier alpha value is -1.54. The topological polar surface area (TPSA) is 71.2 Å². The van der Waals surface area contributed by atoms with E-state index in [-0.39, 0.29) is 17.7 Å². The molecule has 156 valence electrons. The molecular formula is C19H34F2N4O2. The SMILES string of the molecule is CN=C(/C=C\C(C)C)C(F)(F)CN1CCC(N(N)C(=O)OC(C)(C)C)CC1. The van der Waals surface area contributed by atoms with Crippen LogP contribution in [-0.4, -0.2) is 66.0 Å². The monoisotopic (exact) mass is 388 g/mol. The van der Waals surface area contributed by atoms with Crippen molar-refractivity contribution in [2.45, 2.75) is 65.0 Å². The Kier molecular flexibility index (Phi) is 8.35. The molecule has 2 N–H and O–H groups in total. The van der Waals surface area contributed by atoms with Crippen LogP contribution < -0.4 is 5.84 Å². The quantitative estimate of drug-likeness (QED) is 0.327. The van der Waals surface area contributed by atoms with Crippen LogP contribution in [0.1, 0.15) is 47.5 Å². The molecule has 1 heterocycles. The van der Waals surface area contributed by atoms with Crippen molar-refractivity contribution < 1.29 is 18.3 Å². The second kappa shape index (κ2) is 9.59. The van der Waals surface area contributed by atoms with Crippen LogP contribution >= 0.6 is 0 Å². The number of piperidine rings is 1. The summed E-state index contributed by atoms with van der Waals surface area (Å²) in [4.78, 5) is 17.5. The van der Waals surface area contributed by atoms with Crippen molar-refractivity contribution in [1.29, 1.82) is 0 Å². The second-order valence-electron chi connectivity index (χ2n) is 8.31. The number of aliphatic imine (C=N–C) groups is 1. The minimum atomic E-state index is -3.03. The average Bonchev–Trinajstić information content (AvgIpc) is 2.53. The Morgan fingerprint density at radius 1 is 1.33 bits per heavy atom. The third-order valence-corrected chi connectivity index (χ3v) is 4.23. The summed E-state index contributed by atoms with van der Waals surface area (Å²) in [5, 5.41) is 1.09. The average molecular weight is 389 g/mol. The van der Waals surface area contributed by atoms with Crippen molar-refractivity contribution in [2.75, 3.05) is 26.7 Å². The van der Waals surface area contributed by atoms with Gasteiger partial charge in [-0.1, -0.05) is 19.9 Å². The van der Waals surface area contributed by atoms with Crippen molar-refractivity contribution in [3.05, 3.63) is 12.2 Å². The van der Waals surface area contributed by atoms with Crippen LogP contribution in [0, 0.1) is 5.92 Å². The van der Waals surface area contributed by atoms with Gasteiger partial charge in [-0.3, -0.25) is 9.89 Å². The molecule has 27 heavy (non-hydrogen) atoms. The number of allylic oxidation sites excluding steroid dienone is 2. The van der Waals surface area contributed by atoms with E-state index in [0.29, 0.717) is 25.9 Å². The van der Waals surface area contributed by atoms with E-state index in [1.807, 2.05) is 13.8 Å². The van der Waals surface area contributed by atoms with E-state index in [0.717, 1.165) is 5.01 Å². The van der Waals surface area contributed by atoms with Gasteiger partial charge in [0, 0.05) is 20.1 Å². The maximum atomic E-state index is 14.6. The number of halogens is 2. The Morgan fingerprint density at radius 3 is 2.33 bits per heavy atom. The molecule has 0 bridgehead atoms. The van der Waals surface area contributed by atoms with Gasteiger partial charge < -0.3 is 4.74 Å². The summed E-state index contributed by atoms with van der Waals surface area (Å²) >= 11 is 0. The Balaban J connectivity index is 2.60. The first-order valence-electron chi connectivity index (χ1n) is 9.38. The first-order valence-corrected chi connectivity index (χ1v) is 9.38. The summed E-state index contributed by atoms with van der Waals surface area (Å²) in [7, 11) is 1.38. The zero-order valence-corrected chi connectivity index (χ0v) is 17.3. The number of likely N-dealkylation sites (tertiary alicyclic amines) is 1. The van der Waals surface area contributed by atoms with Gasteiger partial charge in [0.05, 0.1) is 12.6 Å². The van der Waals surface area contributed by atoms with Crippen LogP contribution in [-0.2, 0) is 4.74 Å². The molecule has 0 radical (unpaired) electrons. The first-order chi connectivity index (χ1) is 12.4. The van der Waals surface area contributed by atoms with Crippen LogP contribution in [0.15, 0.2) is 17.1 Å². The molecule has 0 aromatic carbocycles. The molecule has 0 atom stereocenters. The van der Waals surface area contributed by atoms with Crippen LogP contribution in [0.3, 0.4) is 0 Å². The fourth-order valence-electron chi connectivity index (χ4n) is 2.82. The number of carbonyl (C=O) groups is 1. The minimum absolute atomic E-state index is 0.177. The van der Waals surface area contributed by atoms with E-state index >= 15 is 0 Å². The molecule has 1 rings (SSSR count). The third-order valence-electron chi connectivity index (χ3n) is 4.23. The molecule has 8 heteroatoms. The van der Waals surface area contributed by atoms with Gasteiger partial charge in [0.2, 0.25) is 0 Å². The Morgan fingerprint density at radius 2 is 1.89 bits per heavy atom. The third kappa shape index (κ3) is 7.92. The predicted octanol–water partition coefficient (Wildman–Crippen LogP) is 3.48. The molecule has 1 saturated heterocycles. The number of amides is 1. The van der Waals surface area contributed by atoms with Gasteiger partial charge in [0.1, 0.15) is 11.3 Å². The van der Waals surface area contributed by atoms with Gasteiger partial charge in [-0.05, 0) is 45.6 Å². The molecule has 1 amide bonds. The molecule has 1 aliphatic heterocycles. The molecule has 0 aromatic heterocycles. The molecule has 0 aliphatic carbocycles. The lowest BCUT2D eigenvalue weighted by Crippen LogP contribution is -2.53. The molecule has 0 aromatic rings. The highest BCUT2D eigenvalue weighted by Gasteiger charge is 2.38. The predicted molar refractivity (Wildman–Crippen MR) is 104 cm³/mol. The Bertz CT molecular complexity index is 548. The van der Waals surface area contributed by atoms with Crippen LogP contribution in [0.25, 0.3) is 0 Å². The minimum Gasteiger partial charge on any atom is -0.443 e. The number of hydrogen-bond donors (Lipinski definition) is 1. The standard InChI is InChI=1S/C19H34F2N4O2/c1-14(2)7-8-16(23-6)19(20,21)13-24-11-9-15(10-12-24)25(22)17(26)27-18(3,4)5/h7-8,14-15H,9-13,22H2,1-6H3/b8-7-,23-16?. The van der Waals surface area contributed by atoms with Gasteiger partial charge in [-0.25, -0.2) is 15.6 Å². The lowest BCUT2D eigenvalue weighted by molar-refractivity contribution is -0.00455.